The third-order valence-electron chi connectivity index (χ3n) is 1.58. The van der Waals surface area contributed by atoms with Crippen molar-refractivity contribution in [2.24, 2.45) is 0 Å². The molecule has 1 heterocycles. The smallest absolute Gasteiger partial charge is 0.183 e. The van der Waals surface area contributed by atoms with Crippen molar-refractivity contribution >= 4 is 22.3 Å². The molecule has 4 heteroatoms. The lowest BCUT2D eigenvalue weighted by Crippen LogP contribution is -1.94. The van der Waals surface area contributed by atoms with Crippen LogP contribution in [0.1, 0.15) is 28.7 Å². The normalized spacial score (nSPS) is 9.92. The number of anilines is 1. The predicted molar refractivity (Wildman–Crippen MR) is 51.0 cm³/mol. The first-order valence-corrected chi connectivity index (χ1v) is 4.69. The Balaban J connectivity index is 2.99. The molecule has 12 heavy (non-hydrogen) atoms. The van der Waals surface area contributed by atoms with Crippen LogP contribution in [0.3, 0.4) is 0 Å². The van der Waals surface area contributed by atoms with E-state index in [4.69, 9.17) is 0 Å². The van der Waals surface area contributed by atoms with E-state index in [1.807, 2.05) is 13.8 Å². The number of Topliss-reactive ketones (excluding diaryl/α,β-unsaturated/α-hetero) is 1. The van der Waals surface area contributed by atoms with Gasteiger partial charge >= 0.3 is 0 Å². The van der Waals surface area contributed by atoms with Gasteiger partial charge < -0.3 is 5.32 Å². The van der Waals surface area contributed by atoms with Gasteiger partial charge in [0, 0.05) is 13.5 Å². The molecule has 0 saturated heterocycles. The minimum atomic E-state index is 0.173. The van der Waals surface area contributed by atoms with Crippen LogP contribution in [-0.2, 0) is 0 Å². The predicted octanol–water partition coefficient (Wildman–Crippen LogP) is 2.09. The maximum Gasteiger partial charge on any atom is 0.183 e. The van der Waals surface area contributed by atoms with Crippen LogP contribution in [0, 0.1) is 6.92 Å². The van der Waals surface area contributed by atoms with Crippen molar-refractivity contribution in [1.82, 2.24) is 4.98 Å². The number of aromatic nitrogens is 1. The van der Waals surface area contributed by atoms with E-state index in [-0.39, 0.29) is 5.78 Å². The summed E-state index contributed by atoms with van der Waals surface area (Å²) >= 11 is 1.42. The van der Waals surface area contributed by atoms with Crippen molar-refractivity contribution < 1.29 is 4.79 Å². The standard InChI is InChI=1S/C8H12N2OS/c1-4-6(11)7-5(2)10-8(9-3)12-7/h4H2,1-3H3,(H,9,10). The summed E-state index contributed by atoms with van der Waals surface area (Å²) in [5, 5.41) is 3.73. The molecule has 0 bridgehead atoms. The Morgan fingerprint density at radius 2 is 2.33 bits per heavy atom. The summed E-state index contributed by atoms with van der Waals surface area (Å²) in [6, 6.07) is 0. The number of carbonyl (C=O) groups excluding carboxylic acids is 1. The topological polar surface area (TPSA) is 42.0 Å². The Morgan fingerprint density at radius 1 is 1.67 bits per heavy atom. The first-order chi connectivity index (χ1) is 5.69. The van der Waals surface area contributed by atoms with Crippen LogP contribution in [0.15, 0.2) is 0 Å². The van der Waals surface area contributed by atoms with E-state index in [0.29, 0.717) is 6.42 Å². The first kappa shape index (κ1) is 9.19. The highest BCUT2D eigenvalue weighted by atomic mass is 32.1. The van der Waals surface area contributed by atoms with Gasteiger partial charge in [0.05, 0.1) is 10.6 Å². The monoisotopic (exact) mass is 184 g/mol. The van der Waals surface area contributed by atoms with E-state index in [1.165, 1.54) is 11.3 Å². The lowest BCUT2D eigenvalue weighted by Gasteiger charge is -1.90. The zero-order valence-electron chi connectivity index (χ0n) is 7.47. The molecule has 0 aromatic carbocycles. The molecule has 0 amide bonds. The van der Waals surface area contributed by atoms with Gasteiger partial charge in [-0.1, -0.05) is 18.3 Å². The highest BCUT2D eigenvalue weighted by Gasteiger charge is 2.12. The fraction of sp³-hybridized carbons (Fsp3) is 0.500. The van der Waals surface area contributed by atoms with Crippen LogP contribution in [-0.4, -0.2) is 17.8 Å². The van der Waals surface area contributed by atoms with Gasteiger partial charge in [0.2, 0.25) is 0 Å². The van der Waals surface area contributed by atoms with Crippen LogP contribution in [0.5, 0.6) is 0 Å². The summed E-state index contributed by atoms with van der Waals surface area (Å²) in [4.78, 5) is 16.3. The summed E-state index contributed by atoms with van der Waals surface area (Å²) in [5.41, 5.74) is 0.830. The van der Waals surface area contributed by atoms with Gasteiger partial charge in [0.25, 0.3) is 0 Å². The zero-order chi connectivity index (χ0) is 9.14. The number of nitrogens with zero attached hydrogens (tertiary/aromatic N) is 1. The summed E-state index contributed by atoms with van der Waals surface area (Å²) in [6.45, 7) is 3.72. The minimum Gasteiger partial charge on any atom is -0.365 e. The van der Waals surface area contributed by atoms with Crippen molar-refractivity contribution in [2.75, 3.05) is 12.4 Å². The zero-order valence-corrected chi connectivity index (χ0v) is 8.29. The molecule has 0 unspecified atom stereocenters. The van der Waals surface area contributed by atoms with Gasteiger partial charge in [0.15, 0.2) is 10.9 Å². The van der Waals surface area contributed by atoms with E-state index in [0.717, 1.165) is 15.7 Å². The molecule has 1 rings (SSSR count). The Hall–Kier alpha value is -0.900. The largest absolute Gasteiger partial charge is 0.365 e. The van der Waals surface area contributed by atoms with Gasteiger partial charge in [-0.15, -0.1) is 0 Å². The number of aryl methyl sites for hydroxylation is 1. The lowest BCUT2D eigenvalue weighted by atomic mass is 10.2. The van der Waals surface area contributed by atoms with Crippen molar-refractivity contribution in [3.05, 3.63) is 10.6 Å². The number of hydrogen-bond donors (Lipinski definition) is 1. The number of carbonyl (C=O) groups is 1. The molecule has 0 atom stereocenters. The molecule has 1 aromatic heterocycles. The molecule has 0 aliphatic heterocycles. The van der Waals surface area contributed by atoms with Crippen LogP contribution in [0.4, 0.5) is 5.13 Å². The Bertz CT molecular complexity index is 293. The van der Waals surface area contributed by atoms with E-state index in [1.54, 1.807) is 7.05 Å². The second-order valence-electron chi connectivity index (χ2n) is 2.46. The van der Waals surface area contributed by atoms with Crippen molar-refractivity contribution in [3.8, 4) is 0 Å². The van der Waals surface area contributed by atoms with Gasteiger partial charge in [-0.3, -0.25) is 4.79 Å². The maximum absolute atomic E-state index is 11.3. The highest BCUT2D eigenvalue weighted by Crippen LogP contribution is 2.22. The summed E-state index contributed by atoms with van der Waals surface area (Å²) in [6.07, 6.45) is 0.548. The first-order valence-electron chi connectivity index (χ1n) is 3.87. The number of rotatable bonds is 3. The van der Waals surface area contributed by atoms with Crippen LogP contribution in [0.25, 0.3) is 0 Å². The number of ketones is 1. The lowest BCUT2D eigenvalue weighted by molar-refractivity contribution is 0.0991. The van der Waals surface area contributed by atoms with Gasteiger partial charge in [0.1, 0.15) is 0 Å². The Labute approximate surface area is 75.8 Å². The van der Waals surface area contributed by atoms with E-state index >= 15 is 0 Å². The molecule has 0 aliphatic rings. The maximum atomic E-state index is 11.3. The van der Waals surface area contributed by atoms with E-state index < -0.39 is 0 Å². The van der Waals surface area contributed by atoms with Crippen molar-refractivity contribution in [2.45, 2.75) is 20.3 Å². The second kappa shape index (κ2) is 3.67. The van der Waals surface area contributed by atoms with E-state index in [9.17, 15) is 4.79 Å². The molecule has 0 fully saturated rings. The van der Waals surface area contributed by atoms with Crippen molar-refractivity contribution in [3.63, 3.8) is 0 Å². The molecular formula is C8H12N2OS. The fourth-order valence-corrected chi connectivity index (χ4v) is 1.85. The number of hydrogen-bond acceptors (Lipinski definition) is 4. The third kappa shape index (κ3) is 1.64. The van der Waals surface area contributed by atoms with Crippen LogP contribution >= 0.6 is 11.3 Å². The molecule has 0 aliphatic carbocycles. The van der Waals surface area contributed by atoms with Gasteiger partial charge in [-0.05, 0) is 6.92 Å². The van der Waals surface area contributed by atoms with Gasteiger partial charge in [-0.25, -0.2) is 4.98 Å². The highest BCUT2D eigenvalue weighted by molar-refractivity contribution is 7.17. The number of nitrogens with one attached hydrogen (secondary N) is 1. The van der Waals surface area contributed by atoms with Gasteiger partial charge in [-0.2, -0.15) is 0 Å². The SMILES string of the molecule is CCC(=O)c1sc(NC)nc1C. The summed E-state index contributed by atoms with van der Waals surface area (Å²) in [5.74, 6) is 0.173. The molecule has 1 aromatic rings. The summed E-state index contributed by atoms with van der Waals surface area (Å²) < 4.78 is 0. The average molecular weight is 184 g/mol. The van der Waals surface area contributed by atoms with E-state index in [2.05, 4.69) is 10.3 Å². The quantitative estimate of drug-likeness (QED) is 0.731. The molecular weight excluding hydrogens is 172 g/mol. The molecule has 0 spiro atoms. The molecule has 3 nitrogen and oxygen atoms in total. The Kier molecular flexibility index (Phi) is 2.81. The summed E-state index contributed by atoms with van der Waals surface area (Å²) in [7, 11) is 1.80. The molecule has 66 valence electrons. The van der Waals surface area contributed by atoms with Crippen LogP contribution in [0.2, 0.25) is 0 Å². The average Bonchev–Trinajstić information content (AvgIpc) is 2.45. The molecule has 1 N–H and O–H groups in total. The third-order valence-corrected chi connectivity index (χ3v) is 2.80. The Morgan fingerprint density at radius 3 is 2.75 bits per heavy atom. The molecule has 0 radical (unpaired) electrons. The second-order valence-corrected chi connectivity index (χ2v) is 3.46. The van der Waals surface area contributed by atoms with Crippen LogP contribution < -0.4 is 5.32 Å². The van der Waals surface area contributed by atoms with Crippen molar-refractivity contribution in [1.29, 1.82) is 0 Å². The fourth-order valence-electron chi connectivity index (χ4n) is 0.923. The minimum absolute atomic E-state index is 0.173. The molecule has 0 saturated carbocycles. The number of thiazole rings is 1.